The molecular weight excluding hydrogens is 418 g/mol. The Kier molecular flexibility index (Phi) is 5.12. The zero-order valence-corrected chi connectivity index (χ0v) is 18.9. The van der Waals surface area contributed by atoms with E-state index in [-0.39, 0.29) is 18.2 Å². The van der Waals surface area contributed by atoms with Gasteiger partial charge in [0.1, 0.15) is 12.6 Å². The van der Waals surface area contributed by atoms with Gasteiger partial charge in [0.05, 0.1) is 12.4 Å². The molecule has 3 atom stereocenters. The Balaban J connectivity index is 1.13. The molecule has 0 radical (unpaired) electrons. The largest absolute Gasteiger partial charge is 0.353 e. The first-order valence-corrected chi connectivity index (χ1v) is 11.7. The van der Waals surface area contributed by atoms with Crippen LogP contribution < -0.4 is 5.32 Å². The van der Waals surface area contributed by atoms with Gasteiger partial charge in [0.15, 0.2) is 17.0 Å². The summed E-state index contributed by atoms with van der Waals surface area (Å²) in [6.07, 6.45) is 7.85. The van der Waals surface area contributed by atoms with Gasteiger partial charge < -0.3 is 10.1 Å². The lowest BCUT2D eigenvalue weighted by Gasteiger charge is -2.48. The third-order valence-electron chi connectivity index (χ3n) is 7.62. The number of fused-ring (bicyclic) bond motifs is 1. The number of aromatic nitrogens is 4. The van der Waals surface area contributed by atoms with Crippen LogP contribution in [0, 0.1) is 0 Å². The van der Waals surface area contributed by atoms with Crippen LogP contribution in [0.15, 0.2) is 43.0 Å². The molecule has 9 nitrogen and oxygen atoms in total. The molecule has 1 aromatic carbocycles. The number of nitrogens with zero attached hydrogens (tertiary/aromatic N) is 6. The van der Waals surface area contributed by atoms with E-state index in [9.17, 15) is 4.79 Å². The van der Waals surface area contributed by atoms with Crippen molar-refractivity contribution in [3.8, 4) is 0 Å². The van der Waals surface area contributed by atoms with Crippen molar-refractivity contribution in [3.05, 3.63) is 48.5 Å². The predicted molar refractivity (Wildman–Crippen MR) is 124 cm³/mol. The normalized spacial score (nSPS) is 27.9. The van der Waals surface area contributed by atoms with Crippen LogP contribution in [0.25, 0.3) is 11.2 Å². The van der Waals surface area contributed by atoms with Gasteiger partial charge in [-0.2, -0.15) is 0 Å². The molecule has 3 aliphatic heterocycles. The fourth-order valence-corrected chi connectivity index (χ4v) is 5.50. The number of anilines is 1. The van der Waals surface area contributed by atoms with Crippen LogP contribution in [0.5, 0.6) is 0 Å². The molecule has 172 valence electrons. The summed E-state index contributed by atoms with van der Waals surface area (Å²) in [6.45, 7) is 4.51. The van der Waals surface area contributed by atoms with Crippen LogP contribution in [0.3, 0.4) is 0 Å². The van der Waals surface area contributed by atoms with Crippen LogP contribution in [0.4, 0.5) is 5.82 Å². The summed E-state index contributed by atoms with van der Waals surface area (Å²) in [6, 6.07) is 9.08. The molecule has 3 saturated heterocycles. The second-order valence-electron chi connectivity index (χ2n) is 9.54. The molecule has 0 saturated carbocycles. The van der Waals surface area contributed by atoms with Crippen molar-refractivity contribution in [1.29, 1.82) is 0 Å². The number of likely N-dealkylation sites (tertiary alicyclic amines) is 2. The van der Waals surface area contributed by atoms with E-state index in [0.717, 1.165) is 32.5 Å². The Bertz CT molecular complexity index is 1170. The fourth-order valence-electron chi connectivity index (χ4n) is 5.50. The van der Waals surface area contributed by atoms with Gasteiger partial charge >= 0.3 is 0 Å². The molecule has 6 rings (SSSR count). The third-order valence-corrected chi connectivity index (χ3v) is 7.62. The number of ether oxygens (including phenoxy) is 1. The van der Waals surface area contributed by atoms with Crippen LogP contribution in [-0.2, 0) is 4.74 Å². The standard InChI is InChI=1S/C24H29N7O2/c1-29-11-9-24(29)10-12-30(14-24)13-18-7-8-19(33-18)31-16-27-20-21(25-15-26-22(20)31)28-23(32)17-5-3-2-4-6-17/h2-6,15-16,18-19H,7-14H2,1H3,(H,25,26,28,32). The number of carbonyl (C=O) groups excluding carboxylic acids is 1. The summed E-state index contributed by atoms with van der Waals surface area (Å²) in [5, 5.41) is 2.87. The Hall–Kier alpha value is -2.88. The summed E-state index contributed by atoms with van der Waals surface area (Å²) in [5.74, 6) is 0.192. The van der Waals surface area contributed by atoms with Gasteiger partial charge in [-0.05, 0) is 44.9 Å². The second-order valence-corrected chi connectivity index (χ2v) is 9.54. The zero-order valence-electron chi connectivity index (χ0n) is 18.9. The molecule has 3 aromatic rings. The number of hydrogen-bond acceptors (Lipinski definition) is 7. The van der Waals surface area contributed by atoms with E-state index < -0.39 is 0 Å². The van der Waals surface area contributed by atoms with Gasteiger partial charge in [0, 0.05) is 37.3 Å². The van der Waals surface area contributed by atoms with Crippen LogP contribution in [-0.4, -0.2) is 80.1 Å². The monoisotopic (exact) mass is 447 g/mol. The van der Waals surface area contributed by atoms with Crippen molar-refractivity contribution in [3.63, 3.8) is 0 Å². The second kappa shape index (κ2) is 8.16. The zero-order chi connectivity index (χ0) is 22.4. The lowest BCUT2D eigenvalue weighted by Crippen LogP contribution is -2.59. The summed E-state index contributed by atoms with van der Waals surface area (Å²) < 4.78 is 8.41. The summed E-state index contributed by atoms with van der Waals surface area (Å²) in [5.41, 5.74) is 2.23. The molecular formula is C24H29N7O2. The van der Waals surface area contributed by atoms with E-state index in [0.29, 0.717) is 28.1 Å². The number of nitrogens with one attached hydrogen (secondary N) is 1. The molecule has 1 N–H and O–H groups in total. The quantitative estimate of drug-likeness (QED) is 0.643. The highest BCUT2D eigenvalue weighted by Crippen LogP contribution is 2.39. The Labute approximate surface area is 192 Å². The molecule has 0 aliphatic carbocycles. The predicted octanol–water partition coefficient (Wildman–Crippen LogP) is 2.54. The van der Waals surface area contributed by atoms with E-state index in [1.165, 1.54) is 25.7 Å². The minimum absolute atomic E-state index is 0.101. The maximum absolute atomic E-state index is 12.6. The maximum Gasteiger partial charge on any atom is 0.256 e. The lowest BCUT2D eigenvalue weighted by atomic mass is 9.85. The molecule has 5 heterocycles. The average Bonchev–Trinajstić information content (AvgIpc) is 3.58. The Morgan fingerprint density at radius 1 is 1.15 bits per heavy atom. The minimum atomic E-state index is -0.220. The van der Waals surface area contributed by atoms with Gasteiger partial charge in [-0.25, -0.2) is 15.0 Å². The number of likely N-dealkylation sites (N-methyl/N-ethyl adjacent to an activating group) is 1. The minimum Gasteiger partial charge on any atom is -0.353 e. The lowest BCUT2D eigenvalue weighted by molar-refractivity contribution is -0.0172. The van der Waals surface area contributed by atoms with E-state index in [1.807, 2.05) is 22.8 Å². The van der Waals surface area contributed by atoms with Crippen LogP contribution >= 0.6 is 0 Å². The molecule has 1 spiro atoms. The van der Waals surface area contributed by atoms with E-state index in [2.05, 4.69) is 37.1 Å². The smallest absolute Gasteiger partial charge is 0.256 e. The van der Waals surface area contributed by atoms with Crippen molar-refractivity contribution >= 4 is 22.9 Å². The fraction of sp³-hybridized carbons (Fsp3) is 0.500. The summed E-state index contributed by atoms with van der Waals surface area (Å²) in [7, 11) is 2.25. The number of carbonyl (C=O) groups is 1. The van der Waals surface area contributed by atoms with Gasteiger partial charge in [0.25, 0.3) is 5.91 Å². The molecule has 2 aromatic heterocycles. The Morgan fingerprint density at radius 3 is 2.76 bits per heavy atom. The first-order valence-electron chi connectivity index (χ1n) is 11.7. The third kappa shape index (κ3) is 3.70. The van der Waals surface area contributed by atoms with Gasteiger partial charge in [-0.3, -0.25) is 19.2 Å². The van der Waals surface area contributed by atoms with Crippen molar-refractivity contribution in [2.45, 2.75) is 43.6 Å². The van der Waals surface area contributed by atoms with Crippen molar-refractivity contribution < 1.29 is 9.53 Å². The van der Waals surface area contributed by atoms with Gasteiger partial charge in [-0.1, -0.05) is 18.2 Å². The van der Waals surface area contributed by atoms with Crippen molar-refractivity contribution in [1.82, 2.24) is 29.3 Å². The highest BCUT2D eigenvalue weighted by atomic mass is 16.5. The number of benzene rings is 1. The van der Waals surface area contributed by atoms with Gasteiger partial charge in [-0.15, -0.1) is 0 Å². The maximum atomic E-state index is 12.6. The van der Waals surface area contributed by atoms with E-state index in [4.69, 9.17) is 4.74 Å². The van der Waals surface area contributed by atoms with E-state index in [1.54, 1.807) is 18.5 Å². The van der Waals surface area contributed by atoms with E-state index >= 15 is 0 Å². The van der Waals surface area contributed by atoms with Crippen molar-refractivity contribution in [2.24, 2.45) is 0 Å². The Morgan fingerprint density at radius 2 is 2.00 bits per heavy atom. The average molecular weight is 448 g/mol. The molecule has 9 heteroatoms. The number of rotatable bonds is 5. The van der Waals surface area contributed by atoms with Crippen LogP contribution in [0.2, 0.25) is 0 Å². The highest BCUT2D eigenvalue weighted by molar-refractivity contribution is 6.06. The molecule has 33 heavy (non-hydrogen) atoms. The summed E-state index contributed by atoms with van der Waals surface area (Å²) >= 11 is 0. The topological polar surface area (TPSA) is 88.4 Å². The highest BCUT2D eigenvalue weighted by Gasteiger charge is 2.47. The SMILES string of the molecule is CN1CCC12CCN(CC1CCC(n3cnc4c(NC(=O)c5ccccc5)ncnc43)O1)C2. The molecule has 0 bridgehead atoms. The number of imidazole rings is 1. The van der Waals surface area contributed by atoms with Crippen molar-refractivity contribution in [2.75, 3.05) is 38.5 Å². The first-order chi connectivity index (χ1) is 16.1. The van der Waals surface area contributed by atoms with Crippen LogP contribution in [0.1, 0.15) is 42.3 Å². The number of amides is 1. The van der Waals surface area contributed by atoms with Gasteiger partial charge in [0.2, 0.25) is 0 Å². The molecule has 3 aliphatic rings. The molecule has 3 unspecified atom stereocenters. The first kappa shape index (κ1) is 20.7. The molecule has 3 fully saturated rings. The number of hydrogen-bond donors (Lipinski definition) is 1. The molecule has 1 amide bonds. The summed E-state index contributed by atoms with van der Waals surface area (Å²) in [4.78, 5) is 30.9.